The first-order valence-electron chi connectivity index (χ1n) is 15.9. The molecule has 0 amide bonds. The number of halogens is 4. The van der Waals surface area contributed by atoms with Gasteiger partial charge in [0.05, 0.1) is 0 Å². The molecule has 0 aliphatic carbocycles. The van der Waals surface area contributed by atoms with E-state index in [1.165, 1.54) is 51.4 Å². The van der Waals surface area contributed by atoms with Crippen molar-refractivity contribution in [2.45, 2.75) is 141 Å². The molecule has 48 heavy (non-hydrogen) atoms. The molecule has 0 N–H and O–H groups in total. The second-order valence-corrected chi connectivity index (χ2v) is 37.7. The Bertz CT molecular complexity index is 467. The van der Waals surface area contributed by atoms with Gasteiger partial charge in [0.15, 0.2) is 0 Å². The molecule has 4 aliphatic heterocycles. The molecule has 0 aromatic heterocycles. The Balaban J connectivity index is -0.0000000446. The van der Waals surface area contributed by atoms with Crippen molar-refractivity contribution >= 4 is 78.4 Å². The third-order valence-electron chi connectivity index (χ3n) is 6.46. The maximum absolute atomic E-state index is 11.7. The Morgan fingerprint density at radius 2 is 0.438 bits per heavy atom. The first kappa shape index (κ1) is 77.1. The summed E-state index contributed by atoms with van der Waals surface area (Å²) in [5, 5.41) is 23.0. The Morgan fingerprint density at radius 3 is 0.458 bits per heavy atom. The maximum Gasteiger partial charge on any atom is 2.00 e. The van der Waals surface area contributed by atoms with Crippen molar-refractivity contribution in [1.82, 2.24) is 0 Å². The van der Waals surface area contributed by atoms with Gasteiger partial charge < -0.3 is 78.8 Å². The molecule has 0 aromatic carbocycles. The van der Waals surface area contributed by atoms with Gasteiger partial charge in [0, 0.05) is 85.2 Å². The molecule has 4 rings (SSSR count). The molecule has 4 aliphatic rings. The average molecular weight is 844 g/mol. The molecule has 276 valence electrons. The third kappa shape index (κ3) is 52.6. The predicted octanol–water partition coefficient (Wildman–Crippen LogP) is -12.6. The summed E-state index contributed by atoms with van der Waals surface area (Å²) >= 11 is 0. The van der Waals surface area contributed by atoms with Crippen LogP contribution in [0.15, 0.2) is 0 Å². The first-order valence-corrected chi connectivity index (χ1v) is 30.2. The minimum Gasteiger partial charge on any atom is -1.00 e. The fraction of sp³-hybridized carbons (Fsp3) is 1.00. The fourth-order valence-corrected chi connectivity index (χ4v) is 25.4. The van der Waals surface area contributed by atoms with E-state index in [4.69, 9.17) is 18.9 Å². The van der Waals surface area contributed by atoms with Crippen LogP contribution < -0.4 is 97.6 Å². The van der Waals surface area contributed by atoms with Crippen molar-refractivity contribution in [1.29, 1.82) is 0 Å². The molecule has 4 fully saturated rings. The van der Waals surface area contributed by atoms with Crippen LogP contribution in [-0.4, -0.2) is 142 Å². The quantitative estimate of drug-likeness (QED) is 0.262. The van der Waals surface area contributed by atoms with E-state index in [0.29, 0.717) is 0 Å². The number of hydrogen-bond acceptors (Lipinski definition) is 6. The summed E-state index contributed by atoms with van der Waals surface area (Å²) in [5.74, 6) is 0. The van der Waals surface area contributed by atoms with Crippen LogP contribution in [0, 0.1) is 0 Å². The van der Waals surface area contributed by atoms with Gasteiger partial charge in [-0.2, -0.15) is 0 Å². The summed E-state index contributed by atoms with van der Waals surface area (Å²) in [5.41, 5.74) is 0. The van der Waals surface area contributed by atoms with Crippen LogP contribution in [0.2, 0.25) is 78.6 Å². The van der Waals surface area contributed by atoms with Crippen molar-refractivity contribution in [3.63, 3.8) is 0 Å². The molecule has 0 bridgehead atoms. The SMILES string of the molecule is C1CCOC1.C1CCOC1.C1CCOC1.C1CCOC1.C[Si](C)(C)C([O-])[Si](C)(C)C.C[Si](C)(C)C([O-])[Si](C)(C)C.[Cl-].[Cl-].[Cl-].[Cl-].[Li+].[Li+].[Mg+2].[Mg+2]. The Hall–Kier alpha value is 4.51. The molecule has 0 spiro atoms. The molecule has 4 heterocycles. The van der Waals surface area contributed by atoms with Crippen molar-refractivity contribution in [2.24, 2.45) is 0 Å². The standard InChI is InChI=1S/2C7H19OSi2.4C4H8O.4ClH.2Li.2Mg/c2*1-9(2,3)7(8)10(4,5)6;4*1-2-4-5-3-1;;;;;;;;/h2*7H,1-6H3;4*1-4H2;4*1H;;;;/q2*-1;;;;;;;;;2*+1;2*+2/p-4. The summed E-state index contributed by atoms with van der Waals surface area (Å²) in [6.45, 7) is 34.0. The van der Waals surface area contributed by atoms with Gasteiger partial charge in [-0.05, 0) is 51.4 Å². The Kier molecular flexibility index (Phi) is 71.1. The van der Waals surface area contributed by atoms with Gasteiger partial charge >= 0.3 is 83.8 Å². The van der Waals surface area contributed by atoms with Crippen molar-refractivity contribution < 1.29 is 117 Å². The summed E-state index contributed by atoms with van der Waals surface area (Å²) in [6, 6.07) is 0. The van der Waals surface area contributed by atoms with Gasteiger partial charge in [-0.3, -0.25) is 0 Å². The smallest absolute Gasteiger partial charge is 1.00 e. The summed E-state index contributed by atoms with van der Waals surface area (Å²) < 4.78 is 19.8. The zero-order chi connectivity index (χ0) is 31.3. The van der Waals surface area contributed by atoms with Crippen LogP contribution >= 0.6 is 0 Å². The first-order chi connectivity index (χ1) is 18.3. The number of rotatable bonds is 4. The molecular formula is C30H70Cl4Li2Mg2O6Si4. The number of ether oxygens (including phenoxy) is 4. The average Bonchev–Trinajstić information content (AvgIpc) is 3.68. The molecule has 6 nitrogen and oxygen atoms in total. The van der Waals surface area contributed by atoms with Gasteiger partial charge in [0.25, 0.3) is 0 Å². The second-order valence-electron chi connectivity index (χ2n) is 15.5. The van der Waals surface area contributed by atoms with Crippen LogP contribution in [-0.2, 0) is 18.9 Å². The third-order valence-corrected chi connectivity index (χ3v) is 23.1. The Labute approximate surface area is 384 Å². The second kappa shape index (κ2) is 44.2. The van der Waals surface area contributed by atoms with Crippen molar-refractivity contribution in [3.8, 4) is 0 Å². The van der Waals surface area contributed by atoms with Gasteiger partial charge in [-0.1, -0.05) is 78.6 Å². The van der Waals surface area contributed by atoms with E-state index in [1.807, 2.05) is 0 Å². The van der Waals surface area contributed by atoms with Gasteiger partial charge in [-0.25, -0.2) is 0 Å². The largest absolute Gasteiger partial charge is 2.00 e. The van der Waals surface area contributed by atoms with E-state index >= 15 is 0 Å². The molecule has 0 saturated carbocycles. The minimum absolute atomic E-state index is 0. The molecule has 0 atom stereocenters. The summed E-state index contributed by atoms with van der Waals surface area (Å²) in [7, 11) is -5.56. The zero-order valence-corrected chi connectivity index (χ0v) is 43.7. The molecule has 0 radical (unpaired) electrons. The van der Waals surface area contributed by atoms with Crippen LogP contribution in [0.5, 0.6) is 0 Å². The van der Waals surface area contributed by atoms with Gasteiger partial charge in [0.1, 0.15) is 0 Å². The molecule has 4 saturated heterocycles. The van der Waals surface area contributed by atoms with Gasteiger partial charge in [-0.15, -0.1) is 10.7 Å². The van der Waals surface area contributed by atoms with E-state index in [0.717, 1.165) is 52.9 Å². The summed E-state index contributed by atoms with van der Waals surface area (Å²) in [4.78, 5) is 0. The van der Waals surface area contributed by atoms with Crippen molar-refractivity contribution in [3.05, 3.63) is 0 Å². The van der Waals surface area contributed by atoms with Gasteiger partial charge in [0.2, 0.25) is 0 Å². The van der Waals surface area contributed by atoms with Crippen LogP contribution in [0.1, 0.15) is 51.4 Å². The van der Waals surface area contributed by atoms with E-state index in [2.05, 4.69) is 78.6 Å². The predicted molar refractivity (Wildman–Crippen MR) is 193 cm³/mol. The van der Waals surface area contributed by atoms with Crippen LogP contribution in [0.3, 0.4) is 0 Å². The minimum atomic E-state index is -1.39. The Morgan fingerprint density at radius 1 is 0.333 bits per heavy atom. The fourth-order valence-electron chi connectivity index (χ4n) is 4.64. The molecular weight excluding hydrogens is 773 g/mol. The van der Waals surface area contributed by atoms with Crippen LogP contribution in [0.25, 0.3) is 0 Å². The van der Waals surface area contributed by atoms with Crippen molar-refractivity contribution in [2.75, 3.05) is 52.9 Å². The van der Waals surface area contributed by atoms with E-state index in [-0.39, 0.29) is 144 Å². The monoisotopic (exact) mass is 840 g/mol. The number of hydrogen-bond donors (Lipinski definition) is 0. The maximum atomic E-state index is 11.7. The van der Waals surface area contributed by atoms with E-state index < -0.39 is 32.3 Å². The molecule has 18 heteroatoms. The zero-order valence-electron chi connectivity index (χ0n) is 33.8. The normalized spacial score (nSPS) is 16.0. The van der Waals surface area contributed by atoms with E-state index in [1.54, 1.807) is 0 Å². The summed E-state index contributed by atoms with van der Waals surface area (Å²) in [6.07, 6.45) is 10.2. The van der Waals surface area contributed by atoms with E-state index in [9.17, 15) is 10.2 Å². The molecule has 0 unspecified atom stereocenters. The topological polar surface area (TPSA) is 83.0 Å². The molecule has 0 aromatic rings. The van der Waals surface area contributed by atoms with Crippen LogP contribution in [0.4, 0.5) is 0 Å².